The van der Waals surface area contributed by atoms with E-state index in [0.29, 0.717) is 0 Å². The molecule has 0 aromatic rings. The predicted molar refractivity (Wildman–Crippen MR) is 60.5 cm³/mol. The molecule has 108 valence electrons. The van der Waals surface area contributed by atoms with Crippen LogP contribution in [0, 0.1) is 11.3 Å². The van der Waals surface area contributed by atoms with Crippen LogP contribution < -0.4 is 0 Å². The van der Waals surface area contributed by atoms with Crippen LogP contribution in [-0.2, 0) is 9.47 Å². The first-order valence-electron chi connectivity index (χ1n) is 5.67. The highest BCUT2D eigenvalue weighted by molar-refractivity contribution is 5.20. The fraction of sp³-hybridized carbons (Fsp3) is 0.727. The minimum atomic E-state index is -1.51. The first-order chi connectivity index (χ1) is 9.04. The maximum absolute atomic E-state index is 9.62. The van der Waals surface area contributed by atoms with Crippen molar-refractivity contribution >= 4 is 0 Å². The van der Waals surface area contributed by atoms with Crippen LogP contribution in [0.5, 0.6) is 0 Å². The highest BCUT2D eigenvalue weighted by atomic mass is 16.7. The van der Waals surface area contributed by atoms with Crippen molar-refractivity contribution in [1.29, 1.82) is 5.26 Å². The highest BCUT2D eigenvalue weighted by Crippen LogP contribution is 2.21. The third kappa shape index (κ3) is 3.95. The highest BCUT2D eigenvalue weighted by Gasteiger charge is 2.43. The number of ether oxygens (including phenoxy) is 2. The Kier molecular flexibility index (Phi) is 6.33. The largest absolute Gasteiger partial charge is 0.394 e. The van der Waals surface area contributed by atoms with Gasteiger partial charge in [0.1, 0.15) is 24.4 Å². The van der Waals surface area contributed by atoms with E-state index in [1.54, 1.807) is 6.07 Å². The van der Waals surface area contributed by atoms with Crippen molar-refractivity contribution in [3.63, 3.8) is 0 Å². The van der Waals surface area contributed by atoms with Crippen LogP contribution in [0.25, 0.3) is 0 Å². The van der Waals surface area contributed by atoms with Gasteiger partial charge in [-0.05, 0) is 6.08 Å². The van der Waals surface area contributed by atoms with E-state index in [0.717, 1.165) is 0 Å². The SMILES string of the molecule is N#C/C(=C/CO[C@@H]1O[C@H](CO)[C@@H](O)[C@H](O)[C@@H]1O)CO. The standard InChI is InChI=1S/C11H17NO7/c12-3-6(4-13)1-2-18-11-10(17)9(16)8(15)7(5-14)19-11/h1,7-11,13-17H,2,4-5H2/b6-1-/t7-,8-,9+,10+,11-/m1/s1. The molecule has 0 spiro atoms. The number of nitriles is 1. The quantitative estimate of drug-likeness (QED) is 0.340. The minimum Gasteiger partial charge on any atom is -0.394 e. The van der Waals surface area contributed by atoms with Crippen molar-refractivity contribution < 1.29 is 35.0 Å². The molecule has 0 unspecified atom stereocenters. The topological polar surface area (TPSA) is 143 Å². The molecule has 8 heteroatoms. The number of aliphatic hydroxyl groups is 5. The summed E-state index contributed by atoms with van der Waals surface area (Å²) >= 11 is 0. The maximum Gasteiger partial charge on any atom is 0.187 e. The minimum absolute atomic E-state index is 0.0876. The van der Waals surface area contributed by atoms with Gasteiger partial charge in [0.25, 0.3) is 0 Å². The normalized spacial score (nSPS) is 36.0. The summed E-state index contributed by atoms with van der Waals surface area (Å²) in [5.41, 5.74) is 0.0876. The molecule has 0 aromatic heterocycles. The number of aliphatic hydroxyl groups excluding tert-OH is 5. The Morgan fingerprint density at radius 3 is 2.42 bits per heavy atom. The van der Waals surface area contributed by atoms with Crippen LogP contribution in [0.3, 0.4) is 0 Å². The second kappa shape index (κ2) is 7.52. The Hall–Kier alpha value is -1.05. The second-order valence-electron chi connectivity index (χ2n) is 4.03. The van der Waals surface area contributed by atoms with Gasteiger partial charge in [-0.2, -0.15) is 5.26 Å². The Labute approximate surface area is 109 Å². The summed E-state index contributed by atoms with van der Waals surface area (Å²) in [5, 5.41) is 54.9. The lowest BCUT2D eigenvalue weighted by Gasteiger charge is -2.39. The Balaban J connectivity index is 2.58. The third-order valence-corrected chi connectivity index (χ3v) is 2.75. The predicted octanol–water partition coefficient (Wildman–Crippen LogP) is -2.75. The van der Waals surface area contributed by atoms with E-state index in [2.05, 4.69) is 0 Å². The average molecular weight is 275 g/mol. The summed E-state index contributed by atoms with van der Waals surface area (Å²) in [4.78, 5) is 0. The number of rotatable bonds is 5. The molecule has 5 N–H and O–H groups in total. The lowest BCUT2D eigenvalue weighted by atomic mass is 9.99. The van der Waals surface area contributed by atoms with Gasteiger partial charge in [0.15, 0.2) is 6.29 Å². The van der Waals surface area contributed by atoms with E-state index in [1.807, 2.05) is 0 Å². The van der Waals surface area contributed by atoms with Gasteiger partial charge in [0.05, 0.1) is 31.5 Å². The van der Waals surface area contributed by atoms with Gasteiger partial charge >= 0.3 is 0 Å². The Bertz CT molecular complexity index is 351. The molecule has 0 aliphatic carbocycles. The van der Waals surface area contributed by atoms with E-state index in [9.17, 15) is 15.3 Å². The van der Waals surface area contributed by atoms with Crippen molar-refractivity contribution in [3.05, 3.63) is 11.6 Å². The van der Waals surface area contributed by atoms with E-state index >= 15 is 0 Å². The van der Waals surface area contributed by atoms with Crippen LogP contribution in [0.1, 0.15) is 0 Å². The molecule has 8 nitrogen and oxygen atoms in total. The first kappa shape index (κ1) is 16.0. The molecule has 0 radical (unpaired) electrons. The summed E-state index contributed by atoms with van der Waals surface area (Å²) in [7, 11) is 0. The van der Waals surface area contributed by atoms with E-state index in [4.69, 9.17) is 24.9 Å². The zero-order valence-electron chi connectivity index (χ0n) is 10.1. The summed E-state index contributed by atoms with van der Waals surface area (Å²) in [6.45, 7) is -1.11. The van der Waals surface area contributed by atoms with Crippen molar-refractivity contribution in [2.45, 2.75) is 30.7 Å². The smallest absolute Gasteiger partial charge is 0.187 e. The fourth-order valence-electron chi connectivity index (χ4n) is 1.59. The van der Waals surface area contributed by atoms with Gasteiger partial charge in [0.2, 0.25) is 0 Å². The first-order valence-corrected chi connectivity index (χ1v) is 5.67. The van der Waals surface area contributed by atoms with Crippen LogP contribution in [0.15, 0.2) is 11.6 Å². The molecule has 1 aliphatic heterocycles. The zero-order chi connectivity index (χ0) is 14.4. The number of hydrogen-bond donors (Lipinski definition) is 5. The lowest BCUT2D eigenvalue weighted by molar-refractivity contribution is -0.298. The molecule has 1 fully saturated rings. The fourth-order valence-corrected chi connectivity index (χ4v) is 1.59. The van der Waals surface area contributed by atoms with Crippen molar-refractivity contribution in [3.8, 4) is 6.07 Å². The van der Waals surface area contributed by atoms with Gasteiger partial charge in [0, 0.05) is 0 Å². The molecule has 5 atom stereocenters. The molecule has 0 aromatic carbocycles. The van der Waals surface area contributed by atoms with Crippen LogP contribution in [-0.4, -0.2) is 76.1 Å². The average Bonchev–Trinajstić information content (AvgIpc) is 2.43. The Morgan fingerprint density at radius 2 is 1.89 bits per heavy atom. The summed E-state index contributed by atoms with van der Waals surface area (Å²) in [6, 6.07) is 1.73. The van der Waals surface area contributed by atoms with Gasteiger partial charge in [-0.1, -0.05) is 0 Å². The second-order valence-corrected chi connectivity index (χ2v) is 4.03. The van der Waals surface area contributed by atoms with E-state index in [-0.39, 0.29) is 12.2 Å². The molecule has 0 saturated carbocycles. The number of nitrogens with zero attached hydrogens (tertiary/aromatic N) is 1. The van der Waals surface area contributed by atoms with Crippen LogP contribution in [0.4, 0.5) is 0 Å². The molecule has 1 saturated heterocycles. The van der Waals surface area contributed by atoms with Crippen molar-refractivity contribution in [2.75, 3.05) is 19.8 Å². The summed E-state index contributed by atoms with van der Waals surface area (Å²) in [6.07, 6.45) is -5.42. The maximum atomic E-state index is 9.62. The lowest BCUT2D eigenvalue weighted by Crippen LogP contribution is -2.59. The molecule has 0 bridgehead atoms. The third-order valence-electron chi connectivity index (χ3n) is 2.75. The van der Waals surface area contributed by atoms with Gasteiger partial charge in [-0.15, -0.1) is 0 Å². The van der Waals surface area contributed by atoms with Crippen LogP contribution >= 0.6 is 0 Å². The molecular formula is C11H17NO7. The summed E-state index contributed by atoms with van der Waals surface area (Å²) < 4.78 is 10.2. The van der Waals surface area contributed by atoms with E-state index in [1.165, 1.54) is 6.08 Å². The zero-order valence-corrected chi connectivity index (χ0v) is 10.1. The number of hydrogen-bond acceptors (Lipinski definition) is 8. The Morgan fingerprint density at radius 1 is 1.21 bits per heavy atom. The molecular weight excluding hydrogens is 258 g/mol. The van der Waals surface area contributed by atoms with Crippen molar-refractivity contribution in [2.24, 2.45) is 0 Å². The van der Waals surface area contributed by atoms with Gasteiger partial charge in [-0.25, -0.2) is 0 Å². The van der Waals surface area contributed by atoms with Gasteiger partial charge in [-0.3, -0.25) is 0 Å². The molecule has 1 heterocycles. The van der Waals surface area contributed by atoms with Crippen molar-refractivity contribution in [1.82, 2.24) is 0 Å². The molecule has 0 amide bonds. The molecule has 19 heavy (non-hydrogen) atoms. The van der Waals surface area contributed by atoms with E-state index < -0.39 is 43.9 Å². The van der Waals surface area contributed by atoms with Gasteiger partial charge < -0.3 is 35.0 Å². The molecule has 1 rings (SSSR count). The molecule has 1 aliphatic rings. The monoisotopic (exact) mass is 275 g/mol. The van der Waals surface area contributed by atoms with Crippen LogP contribution in [0.2, 0.25) is 0 Å². The summed E-state index contributed by atoms with van der Waals surface area (Å²) in [5.74, 6) is 0.